The molecule has 0 aromatic rings. The average molecular weight is 1050 g/mol. The fraction of sp³-hybridized carbons (Fsp3) is 0.750. The molecule has 0 spiro atoms. The Morgan fingerprint density at radius 3 is 1.45 bits per heavy atom. The topological polar surface area (TPSA) is 175 Å². The molecule has 0 aliphatic carbocycles. The van der Waals surface area contributed by atoms with Crippen LogP contribution in [0.4, 0.5) is 0 Å². The summed E-state index contributed by atoms with van der Waals surface area (Å²) in [6.07, 6.45) is 56.3. The molecular weight excluding hydrogens is 943 g/mol. The van der Waals surface area contributed by atoms with E-state index in [-0.39, 0.29) is 19.4 Å². The highest BCUT2D eigenvalue weighted by Crippen LogP contribution is 2.26. The molecule has 6 N–H and O–H groups in total. The smallest absolute Gasteiger partial charge is 0.306 e. The summed E-state index contributed by atoms with van der Waals surface area (Å²) in [7, 11) is 0. The first-order valence-corrected chi connectivity index (χ1v) is 30.4. The van der Waals surface area contributed by atoms with E-state index in [1.807, 2.05) is 18.2 Å². The minimum Gasteiger partial charge on any atom is -0.454 e. The standard InChI is InChI=1S/C64H111NO10/c1-4-7-10-13-16-19-22-24-26-28-30-31-33-36-39-42-45-48-51-57(68)63(72)65-55(56(67)50-47-44-41-38-35-21-18-15-12-9-6-3)54-73-64-62(61(71)60(70)58(53-66)74-64)75-59(69)52-49-46-43-40-37-34-32-29-27-25-23-20-17-14-11-8-5-2/h8,11,17,20,24-27,32,34,40,43,47,50,55-58,60-62,64,66-68,70-71H,4-7,9-10,12-16,18-19,21-23,28-31,33,35-39,41-42,44-46,48-49,51-54H2,1-3H3,(H,65,72)/b11-8-,20-17-,26-24+,27-25-,34-32-,43-40-,50-47+. The third-order valence-corrected chi connectivity index (χ3v) is 13.8. The summed E-state index contributed by atoms with van der Waals surface area (Å²) in [5, 5.41) is 56.9. The highest BCUT2D eigenvalue weighted by atomic mass is 16.7. The van der Waals surface area contributed by atoms with Crippen molar-refractivity contribution in [3.63, 3.8) is 0 Å². The van der Waals surface area contributed by atoms with Crippen LogP contribution < -0.4 is 5.32 Å². The van der Waals surface area contributed by atoms with Crippen molar-refractivity contribution in [3.8, 4) is 0 Å². The second-order valence-electron chi connectivity index (χ2n) is 20.7. The van der Waals surface area contributed by atoms with Crippen LogP contribution in [-0.4, -0.2) is 99.6 Å². The maximum Gasteiger partial charge on any atom is 0.306 e. The number of aliphatic hydroxyl groups is 5. The van der Waals surface area contributed by atoms with Gasteiger partial charge in [0.1, 0.15) is 24.4 Å². The second-order valence-corrected chi connectivity index (χ2v) is 20.7. The van der Waals surface area contributed by atoms with Gasteiger partial charge >= 0.3 is 5.97 Å². The van der Waals surface area contributed by atoms with E-state index in [1.165, 1.54) is 109 Å². The van der Waals surface area contributed by atoms with Crippen molar-refractivity contribution in [2.24, 2.45) is 0 Å². The number of aliphatic hydroxyl groups excluding tert-OH is 5. The zero-order chi connectivity index (χ0) is 54.7. The van der Waals surface area contributed by atoms with Crippen molar-refractivity contribution in [3.05, 3.63) is 85.1 Å². The molecule has 8 unspecified atom stereocenters. The largest absolute Gasteiger partial charge is 0.454 e. The Kier molecular flexibility index (Phi) is 48.0. The maximum absolute atomic E-state index is 13.4. The summed E-state index contributed by atoms with van der Waals surface area (Å²) in [6.45, 7) is 5.63. The number of nitrogens with one attached hydrogen (secondary N) is 1. The predicted molar refractivity (Wildman–Crippen MR) is 310 cm³/mol. The SMILES string of the molecule is CC/C=C\C/C=C\C/C=C\C/C=C\C/C=C\CCCC(=O)OC1C(OCC(NC(=O)C(O)CCCCCCCCCC/C=C/CCCCCCCC)C(O)/C=C/CCCCCCCCCCC)OC(CO)C(O)C1O. The minimum atomic E-state index is -1.64. The van der Waals surface area contributed by atoms with Gasteiger partial charge in [0.25, 0.3) is 0 Å². The molecule has 11 nitrogen and oxygen atoms in total. The predicted octanol–water partition coefficient (Wildman–Crippen LogP) is 14.2. The number of hydrogen-bond acceptors (Lipinski definition) is 10. The molecule has 0 radical (unpaired) electrons. The quantitative estimate of drug-likeness (QED) is 0.0195. The molecular formula is C64H111NO10. The zero-order valence-electron chi connectivity index (χ0n) is 47.6. The Bertz CT molecular complexity index is 1540. The molecule has 0 bridgehead atoms. The monoisotopic (exact) mass is 1050 g/mol. The van der Waals surface area contributed by atoms with Crippen LogP contribution in [-0.2, 0) is 23.8 Å². The van der Waals surface area contributed by atoms with Crippen molar-refractivity contribution >= 4 is 11.9 Å². The van der Waals surface area contributed by atoms with Crippen molar-refractivity contribution in [2.75, 3.05) is 13.2 Å². The van der Waals surface area contributed by atoms with Crippen LogP contribution in [0.5, 0.6) is 0 Å². The first-order chi connectivity index (χ1) is 36.7. The lowest BCUT2D eigenvalue weighted by Crippen LogP contribution is -2.61. The number of carbonyl (C=O) groups is 2. The molecule has 1 amide bonds. The van der Waals surface area contributed by atoms with Gasteiger partial charge in [0.15, 0.2) is 12.4 Å². The van der Waals surface area contributed by atoms with Crippen LogP contribution in [0.15, 0.2) is 85.1 Å². The number of esters is 1. The lowest BCUT2D eigenvalue weighted by molar-refractivity contribution is -0.305. The Morgan fingerprint density at radius 1 is 0.533 bits per heavy atom. The summed E-state index contributed by atoms with van der Waals surface area (Å²) >= 11 is 0. The number of unbranched alkanes of at least 4 members (excludes halogenated alkanes) is 24. The van der Waals surface area contributed by atoms with Gasteiger partial charge in [-0.3, -0.25) is 9.59 Å². The Labute approximate surface area is 457 Å². The molecule has 1 heterocycles. The normalized spacial score (nSPS) is 19.8. The molecule has 432 valence electrons. The minimum absolute atomic E-state index is 0.0420. The number of ether oxygens (including phenoxy) is 3. The third kappa shape index (κ3) is 39.8. The third-order valence-electron chi connectivity index (χ3n) is 13.8. The molecule has 0 aromatic carbocycles. The second kappa shape index (κ2) is 51.6. The van der Waals surface area contributed by atoms with Crippen LogP contribution >= 0.6 is 0 Å². The Balaban J connectivity index is 2.72. The van der Waals surface area contributed by atoms with Crippen molar-refractivity contribution in [1.82, 2.24) is 5.32 Å². The van der Waals surface area contributed by atoms with E-state index in [0.29, 0.717) is 19.3 Å². The van der Waals surface area contributed by atoms with E-state index < -0.39 is 67.4 Å². The number of amides is 1. The Morgan fingerprint density at radius 2 is 0.960 bits per heavy atom. The van der Waals surface area contributed by atoms with Gasteiger partial charge in [0, 0.05) is 6.42 Å². The molecule has 0 saturated carbocycles. The molecule has 1 saturated heterocycles. The van der Waals surface area contributed by atoms with E-state index in [2.05, 4.69) is 86.8 Å². The van der Waals surface area contributed by atoms with Crippen LogP contribution in [0.2, 0.25) is 0 Å². The first-order valence-electron chi connectivity index (χ1n) is 30.4. The van der Waals surface area contributed by atoms with E-state index in [9.17, 15) is 35.1 Å². The van der Waals surface area contributed by atoms with Crippen molar-refractivity contribution in [1.29, 1.82) is 0 Å². The van der Waals surface area contributed by atoms with Gasteiger partial charge in [-0.2, -0.15) is 0 Å². The van der Waals surface area contributed by atoms with Crippen molar-refractivity contribution < 1.29 is 49.3 Å². The molecule has 75 heavy (non-hydrogen) atoms. The van der Waals surface area contributed by atoms with Gasteiger partial charge in [-0.05, 0) is 89.9 Å². The van der Waals surface area contributed by atoms with Gasteiger partial charge < -0.3 is 45.1 Å². The van der Waals surface area contributed by atoms with Gasteiger partial charge in [-0.1, -0.05) is 234 Å². The fourth-order valence-corrected chi connectivity index (χ4v) is 8.97. The van der Waals surface area contributed by atoms with E-state index in [0.717, 1.165) is 83.5 Å². The van der Waals surface area contributed by atoms with Gasteiger partial charge in [0.2, 0.25) is 5.91 Å². The highest BCUT2D eigenvalue weighted by molar-refractivity contribution is 5.80. The molecule has 1 fully saturated rings. The van der Waals surface area contributed by atoms with Gasteiger partial charge in [-0.25, -0.2) is 0 Å². The maximum atomic E-state index is 13.4. The molecule has 1 aliphatic rings. The summed E-state index contributed by atoms with van der Waals surface area (Å²) in [5.74, 6) is -1.26. The van der Waals surface area contributed by atoms with Gasteiger partial charge in [-0.15, -0.1) is 0 Å². The molecule has 1 aliphatic heterocycles. The number of carbonyl (C=O) groups excluding carboxylic acids is 2. The van der Waals surface area contributed by atoms with E-state index in [1.54, 1.807) is 6.08 Å². The van der Waals surface area contributed by atoms with Gasteiger partial charge in [0.05, 0.1) is 25.4 Å². The molecule has 0 aromatic heterocycles. The molecule has 1 rings (SSSR count). The summed E-state index contributed by atoms with van der Waals surface area (Å²) in [4.78, 5) is 26.5. The van der Waals surface area contributed by atoms with E-state index in [4.69, 9.17) is 14.2 Å². The summed E-state index contributed by atoms with van der Waals surface area (Å²) < 4.78 is 17.5. The lowest BCUT2D eigenvalue weighted by atomic mass is 9.99. The average Bonchev–Trinajstić information content (AvgIpc) is 3.41. The van der Waals surface area contributed by atoms with Crippen LogP contribution in [0.3, 0.4) is 0 Å². The fourth-order valence-electron chi connectivity index (χ4n) is 8.97. The summed E-state index contributed by atoms with van der Waals surface area (Å²) in [6, 6.07) is -1.04. The number of allylic oxidation sites excluding steroid dienone is 13. The molecule has 11 heteroatoms. The van der Waals surface area contributed by atoms with Crippen LogP contribution in [0.1, 0.15) is 245 Å². The number of hydrogen-bond donors (Lipinski definition) is 6. The van der Waals surface area contributed by atoms with Crippen molar-refractivity contribution in [2.45, 2.75) is 294 Å². The van der Waals surface area contributed by atoms with E-state index >= 15 is 0 Å². The highest BCUT2D eigenvalue weighted by Gasteiger charge is 2.47. The van der Waals surface area contributed by atoms with Crippen LogP contribution in [0.25, 0.3) is 0 Å². The first kappa shape index (κ1) is 69.9. The van der Waals surface area contributed by atoms with Crippen LogP contribution in [0, 0.1) is 0 Å². The summed E-state index contributed by atoms with van der Waals surface area (Å²) in [5.41, 5.74) is 0. The molecule has 8 atom stereocenters. The lowest BCUT2D eigenvalue weighted by Gasteiger charge is -2.41. The number of rotatable bonds is 50. The Hall–Kier alpha value is -3.16. The zero-order valence-corrected chi connectivity index (χ0v) is 47.6.